The molecule has 2 heteroatoms. The zero-order valence-electron chi connectivity index (χ0n) is 13.3. The van der Waals surface area contributed by atoms with E-state index in [0.29, 0.717) is 6.61 Å². The van der Waals surface area contributed by atoms with Crippen molar-refractivity contribution in [1.82, 2.24) is 0 Å². The van der Waals surface area contributed by atoms with E-state index in [1.807, 2.05) is 30.3 Å². The normalized spacial score (nSPS) is 11.2. The molecule has 0 aliphatic heterocycles. The highest BCUT2D eigenvalue weighted by Crippen LogP contribution is 2.31. The Morgan fingerprint density at radius 1 is 0.826 bits per heavy atom. The van der Waals surface area contributed by atoms with E-state index >= 15 is 0 Å². The number of fused-ring (bicyclic) bond motifs is 3. The molecule has 0 unspecified atom stereocenters. The van der Waals surface area contributed by atoms with Gasteiger partial charge in [-0.1, -0.05) is 42.0 Å². The van der Waals surface area contributed by atoms with E-state index in [0.717, 1.165) is 27.7 Å². The molecular formula is C21H18O2. The Hall–Kier alpha value is -2.74. The van der Waals surface area contributed by atoms with Crippen LogP contribution in [0.4, 0.5) is 0 Å². The molecule has 0 amide bonds. The molecule has 0 atom stereocenters. The lowest BCUT2D eigenvalue weighted by Gasteiger charge is -2.09. The number of para-hydroxylation sites is 1. The fraction of sp³-hybridized carbons (Fsp3) is 0.143. The van der Waals surface area contributed by atoms with Crippen LogP contribution < -0.4 is 4.74 Å². The number of benzene rings is 3. The van der Waals surface area contributed by atoms with Gasteiger partial charge in [-0.25, -0.2) is 0 Å². The quantitative estimate of drug-likeness (QED) is 0.478. The maximum Gasteiger partial charge on any atom is 0.135 e. The lowest BCUT2D eigenvalue weighted by molar-refractivity contribution is 0.305. The number of aryl methyl sites for hydroxylation is 2. The third-order valence-electron chi connectivity index (χ3n) is 4.25. The first kappa shape index (κ1) is 13.9. The molecule has 0 bridgehead atoms. The summed E-state index contributed by atoms with van der Waals surface area (Å²) in [4.78, 5) is 0. The van der Waals surface area contributed by atoms with Gasteiger partial charge in [0, 0.05) is 10.8 Å². The topological polar surface area (TPSA) is 22.4 Å². The summed E-state index contributed by atoms with van der Waals surface area (Å²) in [6.45, 7) is 4.80. The van der Waals surface area contributed by atoms with Crippen LogP contribution in [0.2, 0.25) is 0 Å². The van der Waals surface area contributed by atoms with Crippen molar-refractivity contribution in [2.45, 2.75) is 20.5 Å². The third kappa shape index (κ3) is 2.57. The van der Waals surface area contributed by atoms with Crippen LogP contribution in [0.15, 0.2) is 65.1 Å². The molecule has 1 heterocycles. The number of rotatable bonds is 3. The SMILES string of the molecule is Cc1ccc(C)c(COc2ccc3oc4ccccc4c3c2)c1. The first-order chi connectivity index (χ1) is 11.2. The van der Waals surface area contributed by atoms with Gasteiger partial charge < -0.3 is 9.15 Å². The van der Waals surface area contributed by atoms with Crippen LogP contribution in [0, 0.1) is 13.8 Å². The lowest BCUT2D eigenvalue weighted by atomic mass is 10.1. The van der Waals surface area contributed by atoms with E-state index in [-0.39, 0.29) is 0 Å². The zero-order valence-corrected chi connectivity index (χ0v) is 13.3. The molecule has 4 aromatic rings. The Kier molecular flexibility index (Phi) is 3.30. The van der Waals surface area contributed by atoms with E-state index in [1.165, 1.54) is 16.7 Å². The van der Waals surface area contributed by atoms with E-state index < -0.39 is 0 Å². The molecule has 0 radical (unpaired) electrons. The zero-order chi connectivity index (χ0) is 15.8. The second kappa shape index (κ2) is 5.47. The summed E-state index contributed by atoms with van der Waals surface area (Å²) in [6.07, 6.45) is 0. The summed E-state index contributed by atoms with van der Waals surface area (Å²) in [5.74, 6) is 0.866. The summed E-state index contributed by atoms with van der Waals surface area (Å²) >= 11 is 0. The number of furan rings is 1. The molecule has 0 aliphatic carbocycles. The average Bonchev–Trinajstić information content (AvgIpc) is 2.94. The van der Waals surface area contributed by atoms with Crippen LogP contribution >= 0.6 is 0 Å². The highest BCUT2D eigenvalue weighted by Gasteiger charge is 2.08. The molecule has 3 aromatic carbocycles. The van der Waals surface area contributed by atoms with Crippen molar-refractivity contribution in [3.63, 3.8) is 0 Å². The van der Waals surface area contributed by atoms with Crippen molar-refractivity contribution < 1.29 is 9.15 Å². The predicted molar refractivity (Wildman–Crippen MR) is 94.0 cm³/mol. The maximum absolute atomic E-state index is 6.01. The van der Waals surface area contributed by atoms with Gasteiger partial charge in [-0.2, -0.15) is 0 Å². The van der Waals surface area contributed by atoms with Crippen molar-refractivity contribution in [3.8, 4) is 5.75 Å². The highest BCUT2D eigenvalue weighted by molar-refractivity contribution is 6.05. The first-order valence-electron chi connectivity index (χ1n) is 7.81. The minimum Gasteiger partial charge on any atom is -0.489 e. The predicted octanol–water partition coefficient (Wildman–Crippen LogP) is 5.78. The number of hydrogen-bond acceptors (Lipinski definition) is 2. The van der Waals surface area contributed by atoms with Gasteiger partial charge in [0.2, 0.25) is 0 Å². The fourth-order valence-corrected chi connectivity index (χ4v) is 2.91. The van der Waals surface area contributed by atoms with Gasteiger partial charge in [-0.05, 0) is 49.2 Å². The van der Waals surface area contributed by atoms with Gasteiger partial charge in [0.15, 0.2) is 0 Å². The van der Waals surface area contributed by atoms with Gasteiger partial charge in [0.25, 0.3) is 0 Å². The van der Waals surface area contributed by atoms with Crippen LogP contribution in [0.5, 0.6) is 5.75 Å². The second-order valence-electron chi connectivity index (χ2n) is 5.97. The minimum atomic E-state index is 0.578. The second-order valence-corrected chi connectivity index (χ2v) is 5.97. The molecule has 0 fully saturated rings. The number of ether oxygens (including phenoxy) is 1. The molecule has 0 saturated heterocycles. The summed E-state index contributed by atoms with van der Waals surface area (Å²) in [5.41, 5.74) is 5.54. The van der Waals surface area contributed by atoms with E-state index in [1.54, 1.807) is 0 Å². The van der Waals surface area contributed by atoms with E-state index in [4.69, 9.17) is 9.15 Å². The molecule has 2 nitrogen and oxygen atoms in total. The molecule has 0 aliphatic rings. The highest BCUT2D eigenvalue weighted by atomic mass is 16.5. The number of hydrogen-bond donors (Lipinski definition) is 0. The van der Waals surface area contributed by atoms with Gasteiger partial charge in [-0.3, -0.25) is 0 Å². The minimum absolute atomic E-state index is 0.578. The van der Waals surface area contributed by atoms with Crippen LogP contribution in [0.25, 0.3) is 21.9 Å². The molecule has 0 saturated carbocycles. The van der Waals surface area contributed by atoms with Crippen LogP contribution in [0.1, 0.15) is 16.7 Å². The van der Waals surface area contributed by atoms with Gasteiger partial charge >= 0.3 is 0 Å². The van der Waals surface area contributed by atoms with Gasteiger partial charge in [0.05, 0.1) is 0 Å². The van der Waals surface area contributed by atoms with Crippen molar-refractivity contribution in [1.29, 1.82) is 0 Å². The summed E-state index contributed by atoms with van der Waals surface area (Å²) in [6, 6.07) is 20.5. The maximum atomic E-state index is 6.01. The Morgan fingerprint density at radius 3 is 2.57 bits per heavy atom. The van der Waals surface area contributed by atoms with Gasteiger partial charge in [-0.15, -0.1) is 0 Å². The third-order valence-corrected chi connectivity index (χ3v) is 4.25. The largest absolute Gasteiger partial charge is 0.489 e. The molecule has 1 aromatic heterocycles. The van der Waals surface area contributed by atoms with Crippen molar-refractivity contribution >= 4 is 21.9 Å². The molecule has 0 spiro atoms. The summed E-state index contributed by atoms with van der Waals surface area (Å²) < 4.78 is 11.9. The van der Waals surface area contributed by atoms with E-state index in [2.05, 4.69) is 44.2 Å². The average molecular weight is 302 g/mol. The van der Waals surface area contributed by atoms with Crippen molar-refractivity contribution in [2.24, 2.45) is 0 Å². The van der Waals surface area contributed by atoms with E-state index in [9.17, 15) is 0 Å². The Morgan fingerprint density at radius 2 is 1.65 bits per heavy atom. The standard InChI is InChI=1S/C21H18O2/c1-14-7-8-15(2)16(11-14)13-22-17-9-10-21-19(12-17)18-5-3-4-6-20(18)23-21/h3-12H,13H2,1-2H3. The Bertz CT molecular complexity index is 995. The molecule has 4 rings (SSSR count). The monoisotopic (exact) mass is 302 g/mol. The van der Waals surface area contributed by atoms with Crippen LogP contribution in [-0.2, 0) is 6.61 Å². The first-order valence-corrected chi connectivity index (χ1v) is 7.81. The summed E-state index contributed by atoms with van der Waals surface area (Å²) in [5, 5.41) is 2.22. The fourth-order valence-electron chi connectivity index (χ4n) is 2.91. The van der Waals surface area contributed by atoms with Crippen LogP contribution in [-0.4, -0.2) is 0 Å². The Balaban J connectivity index is 1.66. The van der Waals surface area contributed by atoms with Gasteiger partial charge in [0.1, 0.15) is 23.5 Å². The molecule has 0 N–H and O–H groups in total. The smallest absolute Gasteiger partial charge is 0.135 e. The Labute approximate surface area is 135 Å². The van der Waals surface area contributed by atoms with Crippen molar-refractivity contribution in [3.05, 3.63) is 77.4 Å². The van der Waals surface area contributed by atoms with Crippen LogP contribution in [0.3, 0.4) is 0 Å². The van der Waals surface area contributed by atoms with Crippen molar-refractivity contribution in [2.75, 3.05) is 0 Å². The molecular weight excluding hydrogens is 284 g/mol. The lowest BCUT2D eigenvalue weighted by Crippen LogP contribution is -1.98. The summed E-state index contributed by atoms with van der Waals surface area (Å²) in [7, 11) is 0. The molecule has 23 heavy (non-hydrogen) atoms. The molecule has 114 valence electrons.